The first-order chi connectivity index (χ1) is 8.61. The maximum absolute atomic E-state index is 11.8. The number of hydrogen-bond acceptors (Lipinski definition) is 5. The lowest BCUT2D eigenvalue weighted by Gasteiger charge is -2.23. The van der Waals surface area contributed by atoms with Crippen molar-refractivity contribution < 1.29 is 19.8 Å². The second-order valence-corrected chi connectivity index (χ2v) is 4.05. The van der Waals surface area contributed by atoms with Crippen LogP contribution in [0.3, 0.4) is 0 Å². The van der Waals surface area contributed by atoms with Gasteiger partial charge >= 0.3 is 5.97 Å². The number of imidazole rings is 1. The number of aliphatic hydroxyl groups is 1. The normalized spacial score (nSPS) is 19.9. The van der Waals surface area contributed by atoms with Crippen molar-refractivity contribution in [3.8, 4) is 0 Å². The molecule has 0 fully saturated rings. The van der Waals surface area contributed by atoms with Crippen molar-refractivity contribution in [1.29, 1.82) is 0 Å². The van der Waals surface area contributed by atoms with Crippen LogP contribution in [0, 0.1) is 0 Å². The third-order valence-electron chi connectivity index (χ3n) is 2.84. The van der Waals surface area contributed by atoms with E-state index in [-0.39, 0.29) is 0 Å². The molecule has 1 aromatic rings. The predicted molar refractivity (Wildman–Crippen MR) is 59.6 cm³/mol. The Labute approximate surface area is 102 Å². The van der Waals surface area contributed by atoms with Crippen molar-refractivity contribution >= 4 is 11.9 Å². The molecule has 1 aliphatic heterocycles. The summed E-state index contributed by atoms with van der Waals surface area (Å²) in [6.07, 6.45) is 1.95. The number of aromatic amines is 1. The summed E-state index contributed by atoms with van der Waals surface area (Å²) in [7, 11) is 0. The van der Waals surface area contributed by atoms with Gasteiger partial charge in [-0.3, -0.25) is 10.1 Å². The Morgan fingerprint density at radius 1 is 1.61 bits per heavy atom. The van der Waals surface area contributed by atoms with Crippen LogP contribution in [0.2, 0.25) is 0 Å². The SMILES string of the molecule is O=C(N[C@H](CO)C(=O)O)C1Cc2nc[nH]c2CN1. The zero-order valence-corrected chi connectivity index (χ0v) is 9.51. The van der Waals surface area contributed by atoms with E-state index in [0.717, 1.165) is 11.4 Å². The number of hydrogen-bond donors (Lipinski definition) is 5. The number of aliphatic carboxylic acids is 1. The van der Waals surface area contributed by atoms with Crippen LogP contribution in [-0.4, -0.2) is 50.7 Å². The fraction of sp³-hybridized carbons (Fsp3) is 0.500. The van der Waals surface area contributed by atoms with Crippen LogP contribution in [0.4, 0.5) is 0 Å². The van der Waals surface area contributed by atoms with Crippen LogP contribution in [0.5, 0.6) is 0 Å². The molecule has 98 valence electrons. The minimum atomic E-state index is -1.28. The van der Waals surface area contributed by atoms with E-state index in [1.165, 1.54) is 0 Å². The van der Waals surface area contributed by atoms with Gasteiger partial charge in [0.1, 0.15) is 6.04 Å². The second kappa shape index (κ2) is 5.15. The number of carboxylic acids is 1. The molecule has 8 heteroatoms. The van der Waals surface area contributed by atoms with Gasteiger partial charge in [-0.1, -0.05) is 0 Å². The van der Waals surface area contributed by atoms with E-state index < -0.39 is 30.6 Å². The second-order valence-electron chi connectivity index (χ2n) is 4.05. The van der Waals surface area contributed by atoms with E-state index in [2.05, 4.69) is 20.6 Å². The summed E-state index contributed by atoms with van der Waals surface area (Å²) in [5.74, 6) is -1.72. The maximum Gasteiger partial charge on any atom is 0.328 e. The Kier molecular flexibility index (Phi) is 3.58. The van der Waals surface area contributed by atoms with Crippen LogP contribution >= 0.6 is 0 Å². The fourth-order valence-electron chi connectivity index (χ4n) is 1.81. The van der Waals surface area contributed by atoms with Crippen molar-refractivity contribution in [2.45, 2.75) is 25.0 Å². The summed E-state index contributed by atoms with van der Waals surface area (Å²) in [5.41, 5.74) is 1.72. The highest BCUT2D eigenvalue weighted by molar-refractivity contribution is 5.87. The lowest BCUT2D eigenvalue weighted by Crippen LogP contribution is -2.53. The Morgan fingerprint density at radius 3 is 3.06 bits per heavy atom. The quantitative estimate of drug-likeness (QED) is 0.422. The van der Waals surface area contributed by atoms with Gasteiger partial charge in [0.2, 0.25) is 5.91 Å². The molecule has 0 aliphatic carbocycles. The minimum Gasteiger partial charge on any atom is -0.480 e. The first kappa shape index (κ1) is 12.5. The highest BCUT2D eigenvalue weighted by Gasteiger charge is 2.28. The van der Waals surface area contributed by atoms with Crippen LogP contribution < -0.4 is 10.6 Å². The number of nitrogens with one attached hydrogen (secondary N) is 3. The Bertz CT molecular complexity index is 458. The highest BCUT2D eigenvalue weighted by Crippen LogP contribution is 2.12. The molecule has 0 bridgehead atoms. The number of aliphatic hydroxyl groups excluding tert-OH is 1. The maximum atomic E-state index is 11.8. The zero-order chi connectivity index (χ0) is 13.1. The van der Waals surface area contributed by atoms with Crippen molar-refractivity contribution in [1.82, 2.24) is 20.6 Å². The molecule has 5 N–H and O–H groups in total. The molecule has 0 radical (unpaired) electrons. The van der Waals surface area contributed by atoms with Crippen molar-refractivity contribution in [3.63, 3.8) is 0 Å². The first-order valence-corrected chi connectivity index (χ1v) is 5.50. The summed E-state index contributed by atoms with van der Waals surface area (Å²) in [6, 6.07) is -1.81. The monoisotopic (exact) mass is 254 g/mol. The number of rotatable bonds is 4. The molecule has 1 amide bonds. The average molecular weight is 254 g/mol. The molecule has 2 atom stereocenters. The topological polar surface area (TPSA) is 127 Å². The molecule has 0 aromatic carbocycles. The number of carbonyl (C=O) groups is 2. The molecule has 18 heavy (non-hydrogen) atoms. The molecule has 8 nitrogen and oxygen atoms in total. The van der Waals surface area contributed by atoms with Gasteiger partial charge in [-0.2, -0.15) is 0 Å². The van der Waals surface area contributed by atoms with Gasteiger partial charge in [-0.05, 0) is 0 Å². The van der Waals surface area contributed by atoms with E-state index in [1.807, 2.05) is 0 Å². The molecule has 1 unspecified atom stereocenters. The number of H-pyrrole nitrogens is 1. The van der Waals surface area contributed by atoms with Crippen LogP contribution in [0.1, 0.15) is 11.4 Å². The standard InChI is InChI=1S/C10H14N4O4/c15-3-8(10(17)18)14-9(16)6-1-5-7(2-11-6)13-4-12-5/h4,6,8,11,15H,1-3H2,(H,12,13)(H,14,16)(H,17,18)/t6?,8-/m1/s1. The van der Waals surface area contributed by atoms with E-state index in [1.54, 1.807) is 6.33 Å². The zero-order valence-electron chi connectivity index (χ0n) is 9.51. The molecular weight excluding hydrogens is 240 g/mol. The summed E-state index contributed by atoms with van der Waals surface area (Å²) in [6.45, 7) is -0.161. The molecule has 2 heterocycles. The average Bonchev–Trinajstić information content (AvgIpc) is 2.82. The van der Waals surface area contributed by atoms with E-state index in [0.29, 0.717) is 13.0 Å². The van der Waals surface area contributed by atoms with Crippen molar-refractivity contribution in [3.05, 3.63) is 17.7 Å². The van der Waals surface area contributed by atoms with Crippen LogP contribution in [0.15, 0.2) is 6.33 Å². The number of amides is 1. The number of fused-ring (bicyclic) bond motifs is 1. The van der Waals surface area contributed by atoms with Crippen molar-refractivity contribution in [2.75, 3.05) is 6.61 Å². The summed E-state index contributed by atoms with van der Waals surface area (Å²) < 4.78 is 0. The van der Waals surface area contributed by atoms with Crippen molar-refractivity contribution in [2.24, 2.45) is 0 Å². The van der Waals surface area contributed by atoms with E-state index in [4.69, 9.17) is 10.2 Å². The van der Waals surface area contributed by atoms with Gasteiger partial charge in [-0.25, -0.2) is 9.78 Å². The van der Waals surface area contributed by atoms with E-state index in [9.17, 15) is 9.59 Å². The van der Waals surface area contributed by atoms with Gasteiger partial charge in [0, 0.05) is 13.0 Å². The smallest absolute Gasteiger partial charge is 0.328 e. The fourth-order valence-corrected chi connectivity index (χ4v) is 1.81. The molecule has 2 rings (SSSR count). The predicted octanol–water partition coefficient (Wildman–Crippen LogP) is -2.01. The highest BCUT2D eigenvalue weighted by atomic mass is 16.4. The molecule has 1 aromatic heterocycles. The van der Waals surface area contributed by atoms with Gasteiger partial charge in [0.15, 0.2) is 0 Å². The lowest BCUT2D eigenvalue weighted by atomic mass is 10.0. The third kappa shape index (κ3) is 2.49. The summed E-state index contributed by atoms with van der Waals surface area (Å²) in [5, 5.41) is 22.8. The number of nitrogens with zero attached hydrogens (tertiary/aromatic N) is 1. The van der Waals surface area contributed by atoms with Gasteiger partial charge < -0.3 is 20.5 Å². The number of carboxylic acid groups (broad SMARTS) is 1. The molecule has 0 saturated heterocycles. The number of carbonyl (C=O) groups excluding carboxylic acids is 1. The minimum absolute atomic E-state index is 0.391. The van der Waals surface area contributed by atoms with Crippen LogP contribution in [0.25, 0.3) is 0 Å². The number of aromatic nitrogens is 2. The Morgan fingerprint density at radius 2 is 2.39 bits per heavy atom. The van der Waals surface area contributed by atoms with Gasteiger partial charge in [0.05, 0.1) is 30.4 Å². The largest absolute Gasteiger partial charge is 0.480 e. The summed E-state index contributed by atoms with van der Waals surface area (Å²) >= 11 is 0. The molecule has 0 spiro atoms. The summed E-state index contributed by atoms with van der Waals surface area (Å²) in [4.78, 5) is 29.5. The lowest BCUT2D eigenvalue weighted by molar-refractivity contribution is -0.143. The first-order valence-electron chi connectivity index (χ1n) is 5.50. The van der Waals surface area contributed by atoms with Crippen LogP contribution in [-0.2, 0) is 22.6 Å². The Hall–Kier alpha value is -1.93. The molecule has 0 saturated carbocycles. The van der Waals surface area contributed by atoms with Gasteiger partial charge in [0.25, 0.3) is 0 Å². The van der Waals surface area contributed by atoms with E-state index >= 15 is 0 Å². The Balaban J connectivity index is 1.97. The third-order valence-corrected chi connectivity index (χ3v) is 2.84. The molecule has 1 aliphatic rings. The molecular formula is C10H14N4O4. The van der Waals surface area contributed by atoms with Gasteiger partial charge in [-0.15, -0.1) is 0 Å².